The number of pyridine rings is 1. The van der Waals surface area contributed by atoms with Crippen molar-refractivity contribution in [3.05, 3.63) is 36.7 Å². The molecule has 3 N–H and O–H groups in total. The van der Waals surface area contributed by atoms with E-state index in [1.54, 1.807) is 19.5 Å². The van der Waals surface area contributed by atoms with E-state index < -0.39 is 0 Å². The lowest BCUT2D eigenvalue weighted by Gasteiger charge is -2.10. The number of hydrogen-bond acceptors (Lipinski definition) is 4. The van der Waals surface area contributed by atoms with Gasteiger partial charge in [0.25, 0.3) is 0 Å². The summed E-state index contributed by atoms with van der Waals surface area (Å²) in [6.45, 7) is 0. The van der Waals surface area contributed by atoms with Gasteiger partial charge in [0.2, 0.25) is 0 Å². The van der Waals surface area contributed by atoms with Gasteiger partial charge < -0.3 is 15.8 Å². The Morgan fingerprint density at radius 1 is 1.29 bits per heavy atom. The van der Waals surface area contributed by atoms with Gasteiger partial charge in [-0.15, -0.1) is 0 Å². The molecule has 0 radical (unpaired) electrons. The minimum atomic E-state index is 0.726. The Morgan fingerprint density at radius 3 is 2.82 bits per heavy atom. The molecule has 17 heavy (non-hydrogen) atoms. The summed E-state index contributed by atoms with van der Waals surface area (Å²) in [6.07, 6.45) is 3.44. The molecule has 0 aliphatic heterocycles. The molecule has 1 aromatic heterocycles. The van der Waals surface area contributed by atoms with Crippen LogP contribution in [0.1, 0.15) is 0 Å². The number of nitrogens with zero attached hydrogens (tertiary/aromatic N) is 1. The highest BCUT2D eigenvalue weighted by atomic mass is 16.5. The fourth-order valence-electron chi connectivity index (χ4n) is 1.72. The number of ether oxygens (including phenoxy) is 1. The number of methoxy groups -OCH3 is 1. The zero-order valence-corrected chi connectivity index (χ0v) is 9.90. The van der Waals surface area contributed by atoms with Gasteiger partial charge in [0, 0.05) is 18.8 Å². The van der Waals surface area contributed by atoms with Gasteiger partial charge >= 0.3 is 0 Å². The highest BCUT2D eigenvalue weighted by Gasteiger charge is 2.07. The molecule has 0 unspecified atom stereocenters. The van der Waals surface area contributed by atoms with Crippen LogP contribution in [0.3, 0.4) is 0 Å². The molecule has 0 aliphatic rings. The number of nitrogen functional groups attached to an aromatic ring is 1. The van der Waals surface area contributed by atoms with Gasteiger partial charge in [0.1, 0.15) is 5.75 Å². The molecule has 0 spiro atoms. The zero-order chi connectivity index (χ0) is 12.3. The summed E-state index contributed by atoms with van der Waals surface area (Å²) >= 11 is 0. The van der Waals surface area contributed by atoms with Crippen LogP contribution in [0.2, 0.25) is 0 Å². The molecule has 1 heterocycles. The van der Waals surface area contributed by atoms with E-state index in [-0.39, 0.29) is 0 Å². The Labute approximate surface area is 100 Å². The molecule has 4 nitrogen and oxygen atoms in total. The minimum absolute atomic E-state index is 0.726. The Bertz CT molecular complexity index is 526. The highest BCUT2D eigenvalue weighted by molar-refractivity contribution is 5.78. The van der Waals surface area contributed by atoms with Crippen LogP contribution in [0.25, 0.3) is 11.1 Å². The molecule has 0 bridgehead atoms. The Kier molecular flexibility index (Phi) is 3.14. The quantitative estimate of drug-likeness (QED) is 0.793. The third-order valence-electron chi connectivity index (χ3n) is 2.64. The average molecular weight is 229 g/mol. The second kappa shape index (κ2) is 4.74. The number of anilines is 2. The van der Waals surface area contributed by atoms with Gasteiger partial charge in [-0.3, -0.25) is 4.98 Å². The fraction of sp³-hybridized carbons (Fsp3) is 0.154. The van der Waals surface area contributed by atoms with Crippen LogP contribution in [0.4, 0.5) is 11.4 Å². The number of benzene rings is 1. The molecule has 4 heteroatoms. The van der Waals surface area contributed by atoms with Crippen LogP contribution >= 0.6 is 0 Å². The van der Waals surface area contributed by atoms with Crippen LogP contribution in [-0.2, 0) is 0 Å². The van der Waals surface area contributed by atoms with Crippen molar-refractivity contribution in [3.8, 4) is 16.9 Å². The van der Waals surface area contributed by atoms with E-state index in [1.165, 1.54) is 0 Å². The summed E-state index contributed by atoms with van der Waals surface area (Å²) in [5.41, 5.74) is 9.52. The van der Waals surface area contributed by atoms with Crippen molar-refractivity contribution >= 4 is 11.4 Å². The standard InChI is InChI=1S/C13H15N3O/c1-15-12-7-9(3-4-11(12)14)10-5-6-16-8-13(10)17-2/h3-8,15H,14H2,1-2H3. The first-order valence-corrected chi connectivity index (χ1v) is 5.32. The van der Waals surface area contributed by atoms with Gasteiger partial charge in [-0.2, -0.15) is 0 Å². The fourth-order valence-corrected chi connectivity index (χ4v) is 1.72. The predicted molar refractivity (Wildman–Crippen MR) is 70.2 cm³/mol. The van der Waals surface area contributed by atoms with E-state index in [1.807, 2.05) is 31.3 Å². The smallest absolute Gasteiger partial charge is 0.144 e. The van der Waals surface area contributed by atoms with Gasteiger partial charge in [-0.1, -0.05) is 6.07 Å². The van der Waals surface area contributed by atoms with Gasteiger partial charge in [-0.05, 0) is 23.8 Å². The third kappa shape index (κ3) is 2.15. The average Bonchev–Trinajstić information content (AvgIpc) is 2.39. The summed E-state index contributed by atoms with van der Waals surface area (Å²) < 4.78 is 5.29. The second-order valence-corrected chi connectivity index (χ2v) is 3.63. The first-order chi connectivity index (χ1) is 8.26. The van der Waals surface area contributed by atoms with Gasteiger partial charge in [0.15, 0.2) is 0 Å². The summed E-state index contributed by atoms with van der Waals surface area (Å²) in [6, 6.07) is 7.76. The summed E-state index contributed by atoms with van der Waals surface area (Å²) in [4.78, 5) is 4.04. The Balaban J connectivity index is 2.53. The molecule has 0 amide bonds. The highest BCUT2D eigenvalue weighted by Crippen LogP contribution is 2.32. The summed E-state index contributed by atoms with van der Waals surface area (Å²) in [5, 5.41) is 3.06. The van der Waals surface area contributed by atoms with Crippen LogP contribution in [0, 0.1) is 0 Å². The van der Waals surface area contributed by atoms with Gasteiger partial charge in [-0.25, -0.2) is 0 Å². The maximum absolute atomic E-state index is 5.84. The number of nitrogens with one attached hydrogen (secondary N) is 1. The molecular formula is C13H15N3O. The maximum atomic E-state index is 5.84. The second-order valence-electron chi connectivity index (χ2n) is 3.63. The molecule has 2 rings (SSSR count). The van der Waals surface area contributed by atoms with Crippen molar-refractivity contribution in [2.75, 3.05) is 25.2 Å². The lowest BCUT2D eigenvalue weighted by molar-refractivity contribution is 0.414. The van der Waals surface area contributed by atoms with E-state index in [4.69, 9.17) is 10.5 Å². The number of rotatable bonds is 3. The zero-order valence-electron chi connectivity index (χ0n) is 9.90. The van der Waals surface area contributed by atoms with Crippen molar-refractivity contribution in [2.45, 2.75) is 0 Å². The van der Waals surface area contributed by atoms with E-state index in [0.29, 0.717) is 0 Å². The van der Waals surface area contributed by atoms with Crippen molar-refractivity contribution in [1.82, 2.24) is 4.98 Å². The lowest BCUT2D eigenvalue weighted by Crippen LogP contribution is -1.96. The summed E-state index contributed by atoms with van der Waals surface area (Å²) in [5.74, 6) is 0.749. The number of nitrogens with two attached hydrogens (primary N) is 1. The van der Waals surface area contributed by atoms with Crippen LogP contribution in [0.5, 0.6) is 5.75 Å². The SMILES string of the molecule is CNc1cc(-c2ccncc2OC)ccc1N. The van der Waals surface area contributed by atoms with Crippen molar-refractivity contribution in [2.24, 2.45) is 0 Å². The largest absolute Gasteiger partial charge is 0.494 e. The van der Waals surface area contributed by atoms with Crippen LogP contribution in [-0.4, -0.2) is 19.1 Å². The molecule has 0 fully saturated rings. The maximum Gasteiger partial charge on any atom is 0.144 e. The Hall–Kier alpha value is -2.23. The van der Waals surface area contributed by atoms with Crippen molar-refractivity contribution in [1.29, 1.82) is 0 Å². The normalized spacial score (nSPS) is 10.0. The van der Waals surface area contributed by atoms with E-state index in [9.17, 15) is 0 Å². The molecule has 2 aromatic rings. The van der Waals surface area contributed by atoms with E-state index in [0.717, 1.165) is 28.3 Å². The van der Waals surface area contributed by atoms with Crippen molar-refractivity contribution < 1.29 is 4.74 Å². The lowest BCUT2D eigenvalue weighted by atomic mass is 10.0. The summed E-state index contributed by atoms with van der Waals surface area (Å²) in [7, 11) is 3.48. The predicted octanol–water partition coefficient (Wildman–Crippen LogP) is 2.38. The molecular weight excluding hydrogens is 214 g/mol. The minimum Gasteiger partial charge on any atom is -0.494 e. The molecule has 0 saturated carbocycles. The van der Waals surface area contributed by atoms with Crippen LogP contribution in [0.15, 0.2) is 36.7 Å². The first-order valence-electron chi connectivity index (χ1n) is 5.32. The van der Waals surface area contributed by atoms with Gasteiger partial charge in [0.05, 0.1) is 24.7 Å². The molecule has 0 aliphatic carbocycles. The topological polar surface area (TPSA) is 60.2 Å². The molecule has 0 saturated heterocycles. The van der Waals surface area contributed by atoms with Crippen LogP contribution < -0.4 is 15.8 Å². The van der Waals surface area contributed by atoms with E-state index >= 15 is 0 Å². The number of aromatic nitrogens is 1. The molecule has 88 valence electrons. The molecule has 1 aromatic carbocycles. The number of hydrogen-bond donors (Lipinski definition) is 2. The first kappa shape index (κ1) is 11.3. The third-order valence-corrected chi connectivity index (χ3v) is 2.64. The van der Waals surface area contributed by atoms with Crippen molar-refractivity contribution in [3.63, 3.8) is 0 Å². The Morgan fingerprint density at radius 2 is 2.12 bits per heavy atom. The van der Waals surface area contributed by atoms with E-state index in [2.05, 4.69) is 10.3 Å². The monoisotopic (exact) mass is 229 g/mol. The molecule has 0 atom stereocenters.